The number of aryl methyl sites for hydroxylation is 1. The molecule has 5 nitrogen and oxygen atoms in total. The van der Waals surface area contributed by atoms with Crippen molar-refractivity contribution in [3.8, 4) is 0 Å². The number of carboxylic acid groups (broad SMARTS) is 1. The van der Waals surface area contributed by atoms with Crippen LogP contribution in [0.15, 0.2) is 16.7 Å². The molecular formula is C12H13F3N2O3. The number of carbonyl (C=O) groups is 1. The van der Waals surface area contributed by atoms with E-state index in [4.69, 9.17) is 9.63 Å². The first-order chi connectivity index (χ1) is 9.37. The van der Waals surface area contributed by atoms with Crippen molar-refractivity contribution in [3.63, 3.8) is 0 Å². The summed E-state index contributed by atoms with van der Waals surface area (Å²) in [4.78, 5) is 15.0. The summed E-state index contributed by atoms with van der Waals surface area (Å²) in [6.07, 6.45) is -1.33. The average molecular weight is 290 g/mol. The second-order valence-electron chi connectivity index (χ2n) is 4.66. The maximum atomic E-state index is 12.1. The Morgan fingerprint density at radius 1 is 1.40 bits per heavy atom. The van der Waals surface area contributed by atoms with Gasteiger partial charge in [-0.1, -0.05) is 17.3 Å². The number of carboxylic acids is 1. The topological polar surface area (TPSA) is 76.2 Å². The fourth-order valence-electron chi connectivity index (χ4n) is 2.13. The number of hydrogen-bond donors (Lipinski definition) is 1. The zero-order chi connectivity index (χ0) is 14.8. The van der Waals surface area contributed by atoms with Crippen LogP contribution in [-0.2, 0) is 11.2 Å². The first-order valence-corrected chi connectivity index (χ1v) is 6.14. The largest absolute Gasteiger partial charge is 0.481 e. The van der Waals surface area contributed by atoms with Gasteiger partial charge in [0.15, 0.2) is 5.82 Å². The van der Waals surface area contributed by atoms with Crippen LogP contribution in [-0.4, -0.2) is 27.4 Å². The van der Waals surface area contributed by atoms with E-state index in [-0.39, 0.29) is 18.1 Å². The lowest BCUT2D eigenvalue weighted by molar-refractivity contribution is -0.142. The monoisotopic (exact) mass is 290 g/mol. The highest BCUT2D eigenvalue weighted by atomic mass is 19.4. The number of allylic oxidation sites excluding steroid dienone is 2. The molecule has 2 unspecified atom stereocenters. The van der Waals surface area contributed by atoms with E-state index in [0.717, 1.165) is 0 Å². The third-order valence-corrected chi connectivity index (χ3v) is 3.18. The van der Waals surface area contributed by atoms with Crippen molar-refractivity contribution in [2.75, 3.05) is 0 Å². The molecule has 0 spiro atoms. The highest BCUT2D eigenvalue weighted by Crippen LogP contribution is 2.34. The molecule has 0 aromatic carbocycles. The third kappa shape index (κ3) is 3.58. The Hall–Kier alpha value is -1.86. The van der Waals surface area contributed by atoms with E-state index in [2.05, 4.69) is 10.1 Å². The predicted molar refractivity (Wildman–Crippen MR) is 60.9 cm³/mol. The molecule has 0 bridgehead atoms. The van der Waals surface area contributed by atoms with Gasteiger partial charge in [-0.15, -0.1) is 0 Å². The highest BCUT2D eigenvalue weighted by Gasteiger charge is 2.34. The molecule has 0 saturated heterocycles. The minimum atomic E-state index is -4.28. The van der Waals surface area contributed by atoms with Gasteiger partial charge in [0, 0.05) is 6.42 Å². The Morgan fingerprint density at radius 3 is 2.75 bits per heavy atom. The van der Waals surface area contributed by atoms with E-state index in [0.29, 0.717) is 12.8 Å². The van der Waals surface area contributed by atoms with Gasteiger partial charge in [0.1, 0.15) is 0 Å². The van der Waals surface area contributed by atoms with Gasteiger partial charge in [-0.05, 0) is 12.8 Å². The normalized spacial score (nSPS) is 22.9. The number of aromatic nitrogens is 2. The van der Waals surface area contributed by atoms with E-state index >= 15 is 0 Å². The summed E-state index contributed by atoms with van der Waals surface area (Å²) in [6.45, 7) is 0. The molecule has 0 saturated carbocycles. The van der Waals surface area contributed by atoms with E-state index in [1.165, 1.54) is 0 Å². The fourth-order valence-corrected chi connectivity index (χ4v) is 2.13. The molecule has 1 aromatic heterocycles. The quantitative estimate of drug-likeness (QED) is 0.863. The summed E-state index contributed by atoms with van der Waals surface area (Å²) in [5.74, 6) is -2.09. The summed E-state index contributed by atoms with van der Waals surface area (Å²) < 4.78 is 41.2. The second kappa shape index (κ2) is 5.64. The van der Waals surface area contributed by atoms with Crippen LogP contribution in [0, 0.1) is 5.92 Å². The minimum Gasteiger partial charge on any atom is -0.481 e. The zero-order valence-corrected chi connectivity index (χ0v) is 10.4. The third-order valence-electron chi connectivity index (χ3n) is 3.18. The standard InChI is InChI=1S/C12H13F3N2O3/c13-12(14,15)6-5-9-16-10(20-17-9)7-3-1-2-4-8(7)11(18)19/h1-2,7-8H,3-6H2,(H,18,19). The molecule has 1 aliphatic carbocycles. The van der Waals surface area contributed by atoms with Crippen molar-refractivity contribution < 1.29 is 27.6 Å². The Kier molecular flexibility index (Phi) is 4.10. The zero-order valence-electron chi connectivity index (χ0n) is 10.4. The van der Waals surface area contributed by atoms with Crippen molar-refractivity contribution in [2.45, 2.75) is 37.8 Å². The van der Waals surface area contributed by atoms with Gasteiger partial charge in [0.05, 0.1) is 18.3 Å². The van der Waals surface area contributed by atoms with Crippen molar-refractivity contribution in [3.05, 3.63) is 23.9 Å². The highest BCUT2D eigenvalue weighted by molar-refractivity contribution is 5.71. The first kappa shape index (κ1) is 14.5. The van der Waals surface area contributed by atoms with E-state index < -0.39 is 30.4 Å². The molecule has 20 heavy (non-hydrogen) atoms. The molecule has 0 radical (unpaired) electrons. The SMILES string of the molecule is O=C(O)C1CC=CCC1c1nc(CCC(F)(F)F)no1. The summed E-state index contributed by atoms with van der Waals surface area (Å²) >= 11 is 0. The molecule has 1 aliphatic rings. The Balaban J connectivity index is 2.07. The van der Waals surface area contributed by atoms with E-state index in [1.54, 1.807) is 6.08 Å². The minimum absolute atomic E-state index is 0.0454. The van der Waals surface area contributed by atoms with Gasteiger partial charge >= 0.3 is 12.1 Å². The Morgan fingerprint density at radius 2 is 2.10 bits per heavy atom. The lowest BCUT2D eigenvalue weighted by Gasteiger charge is -2.21. The molecule has 110 valence electrons. The van der Waals surface area contributed by atoms with Crippen LogP contribution >= 0.6 is 0 Å². The average Bonchev–Trinajstić information content (AvgIpc) is 2.84. The van der Waals surface area contributed by atoms with Gasteiger partial charge in [-0.3, -0.25) is 4.79 Å². The Labute approximate surface area is 112 Å². The van der Waals surface area contributed by atoms with E-state index in [9.17, 15) is 18.0 Å². The Bertz CT molecular complexity index is 510. The van der Waals surface area contributed by atoms with Gasteiger partial charge in [-0.2, -0.15) is 18.2 Å². The van der Waals surface area contributed by atoms with Gasteiger partial charge in [0.2, 0.25) is 5.89 Å². The molecule has 0 aliphatic heterocycles. The van der Waals surface area contributed by atoms with Crippen molar-refractivity contribution in [2.24, 2.45) is 5.92 Å². The van der Waals surface area contributed by atoms with Crippen molar-refractivity contribution in [1.29, 1.82) is 0 Å². The van der Waals surface area contributed by atoms with Crippen LogP contribution in [0.3, 0.4) is 0 Å². The number of halogens is 3. The van der Waals surface area contributed by atoms with Crippen LogP contribution in [0.2, 0.25) is 0 Å². The molecule has 2 rings (SSSR count). The van der Waals surface area contributed by atoms with E-state index in [1.807, 2.05) is 6.08 Å². The fraction of sp³-hybridized carbons (Fsp3) is 0.583. The number of nitrogens with zero attached hydrogens (tertiary/aromatic N) is 2. The lowest BCUT2D eigenvalue weighted by Crippen LogP contribution is -2.23. The van der Waals surface area contributed by atoms with Crippen LogP contribution in [0.4, 0.5) is 13.2 Å². The van der Waals surface area contributed by atoms with Crippen LogP contribution in [0.25, 0.3) is 0 Å². The van der Waals surface area contributed by atoms with Crippen molar-refractivity contribution >= 4 is 5.97 Å². The molecular weight excluding hydrogens is 277 g/mol. The van der Waals surface area contributed by atoms with Gasteiger partial charge < -0.3 is 9.63 Å². The molecule has 8 heteroatoms. The molecule has 0 amide bonds. The van der Waals surface area contributed by atoms with Crippen molar-refractivity contribution in [1.82, 2.24) is 10.1 Å². The molecule has 1 heterocycles. The summed E-state index contributed by atoms with van der Waals surface area (Å²) in [5, 5.41) is 12.6. The maximum absolute atomic E-state index is 12.1. The smallest absolute Gasteiger partial charge is 0.389 e. The number of rotatable bonds is 4. The predicted octanol–water partition coefficient (Wildman–Crippen LogP) is 2.70. The van der Waals surface area contributed by atoms with Crippen LogP contribution in [0.1, 0.15) is 36.9 Å². The maximum Gasteiger partial charge on any atom is 0.389 e. The van der Waals surface area contributed by atoms with Gasteiger partial charge in [-0.25, -0.2) is 0 Å². The number of hydrogen-bond acceptors (Lipinski definition) is 4. The molecule has 1 aromatic rings. The summed E-state index contributed by atoms with van der Waals surface area (Å²) in [7, 11) is 0. The molecule has 0 fully saturated rings. The first-order valence-electron chi connectivity index (χ1n) is 6.14. The summed E-state index contributed by atoms with van der Waals surface area (Å²) in [5.41, 5.74) is 0. The van der Waals surface area contributed by atoms with Crippen LogP contribution in [0.5, 0.6) is 0 Å². The lowest BCUT2D eigenvalue weighted by atomic mass is 9.83. The molecule has 1 N–H and O–H groups in total. The van der Waals surface area contributed by atoms with Crippen LogP contribution < -0.4 is 0 Å². The number of alkyl halides is 3. The second-order valence-corrected chi connectivity index (χ2v) is 4.66. The number of aliphatic carboxylic acids is 1. The summed E-state index contributed by atoms with van der Waals surface area (Å²) in [6, 6.07) is 0. The van der Waals surface area contributed by atoms with Gasteiger partial charge in [0.25, 0.3) is 0 Å². The molecule has 2 atom stereocenters.